The first-order chi connectivity index (χ1) is 15.8. The van der Waals surface area contributed by atoms with Gasteiger partial charge in [0.1, 0.15) is 5.75 Å². The van der Waals surface area contributed by atoms with Crippen LogP contribution in [0.4, 0.5) is 11.4 Å². The molecule has 2 aromatic carbocycles. The van der Waals surface area contributed by atoms with Crippen LogP contribution in [0, 0.1) is 0 Å². The second-order valence-corrected chi connectivity index (χ2v) is 8.11. The van der Waals surface area contributed by atoms with Crippen molar-refractivity contribution in [1.82, 2.24) is 10.2 Å². The van der Waals surface area contributed by atoms with Crippen molar-refractivity contribution in [2.75, 3.05) is 75.9 Å². The van der Waals surface area contributed by atoms with Gasteiger partial charge in [-0.1, -0.05) is 18.2 Å². The summed E-state index contributed by atoms with van der Waals surface area (Å²) >= 11 is 0. The molecule has 2 aromatic rings. The Labute approximate surface area is 214 Å². The first kappa shape index (κ1) is 25.4. The average molecular weight is 566 g/mol. The number of benzene rings is 2. The number of anilines is 2. The lowest BCUT2D eigenvalue weighted by molar-refractivity contribution is 0.122. The predicted octanol–water partition coefficient (Wildman–Crippen LogP) is 3.44. The van der Waals surface area contributed by atoms with Gasteiger partial charge in [0.2, 0.25) is 0 Å². The topological polar surface area (TPSA) is 52.6 Å². The minimum absolute atomic E-state index is 0. The van der Waals surface area contributed by atoms with E-state index in [2.05, 4.69) is 69.4 Å². The molecule has 2 aliphatic heterocycles. The van der Waals surface area contributed by atoms with Crippen molar-refractivity contribution in [3.63, 3.8) is 0 Å². The Morgan fingerprint density at radius 3 is 2.30 bits per heavy atom. The van der Waals surface area contributed by atoms with Gasteiger partial charge in [-0.15, -0.1) is 24.0 Å². The normalized spacial score (nSPS) is 16.9. The zero-order valence-corrected chi connectivity index (χ0v) is 22.0. The molecule has 7 nitrogen and oxygen atoms in total. The fourth-order valence-corrected chi connectivity index (χ4v) is 4.21. The predicted molar refractivity (Wildman–Crippen MR) is 146 cm³/mol. The number of hydrogen-bond acceptors (Lipinski definition) is 5. The van der Waals surface area contributed by atoms with Crippen LogP contribution >= 0.6 is 24.0 Å². The van der Waals surface area contributed by atoms with Crippen molar-refractivity contribution in [2.45, 2.75) is 13.5 Å². The Kier molecular flexibility index (Phi) is 9.93. The number of piperazine rings is 1. The number of hydrogen-bond donors (Lipinski definition) is 1. The van der Waals surface area contributed by atoms with E-state index in [1.807, 2.05) is 6.07 Å². The molecule has 180 valence electrons. The Hall–Kier alpha value is -2.20. The maximum absolute atomic E-state index is 5.45. The van der Waals surface area contributed by atoms with Gasteiger partial charge < -0.3 is 29.5 Å². The third-order valence-corrected chi connectivity index (χ3v) is 6.06. The minimum Gasteiger partial charge on any atom is -0.497 e. The molecule has 0 spiro atoms. The Morgan fingerprint density at radius 1 is 0.939 bits per heavy atom. The van der Waals surface area contributed by atoms with Gasteiger partial charge in [0.25, 0.3) is 0 Å². The molecule has 2 heterocycles. The van der Waals surface area contributed by atoms with E-state index in [0.29, 0.717) is 6.54 Å². The Morgan fingerprint density at radius 2 is 1.64 bits per heavy atom. The summed E-state index contributed by atoms with van der Waals surface area (Å²) in [6.07, 6.45) is 0. The molecule has 0 radical (unpaired) electrons. The van der Waals surface area contributed by atoms with E-state index in [4.69, 9.17) is 14.5 Å². The molecular formula is C25H36IN5O2. The first-order valence-electron chi connectivity index (χ1n) is 11.6. The molecule has 0 unspecified atom stereocenters. The highest BCUT2D eigenvalue weighted by Crippen LogP contribution is 2.22. The molecule has 8 heteroatoms. The van der Waals surface area contributed by atoms with Gasteiger partial charge >= 0.3 is 0 Å². The van der Waals surface area contributed by atoms with Gasteiger partial charge in [0.05, 0.1) is 26.9 Å². The molecule has 4 rings (SSSR count). The van der Waals surface area contributed by atoms with E-state index in [0.717, 1.165) is 70.7 Å². The van der Waals surface area contributed by atoms with Crippen LogP contribution in [0.2, 0.25) is 0 Å². The quantitative estimate of drug-likeness (QED) is 0.329. The zero-order valence-electron chi connectivity index (χ0n) is 19.7. The molecule has 2 fully saturated rings. The van der Waals surface area contributed by atoms with Crippen molar-refractivity contribution < 1.29 is 9.47 Å². The number of nitrogens with zero attached hydrogens (tertiary/aromatic N) is 4. The lowest BCUT2D eigenvalue weighted by Gasteiger charge is -2.37. The fraction of sp³-hybridized carbons (Fsp3) is 0.480. The molecule has 0 atom stereocenters. The summed E-state index contributed by atoms with van der Waals surface area (Å²) in [4.78, 5) is 12.1. The molecule has 33 heavy (non-hydrogen) atoms. The summed E-state index contributed by atoms with van der Waals surface area (Å²) in [6, 6.07) is 17.1. The zero-order chi connectivity index (χ0) is 22.2. The van der Waals surface area contributed by atoms with Crippen LogP contribution < -0.4 is 19.9 Å². The van der Waals surface area contributed by atoms with Crippen molar-refractivity contribution >= 4 is 41.3 Å². The van der Waals surface area contributed by atoms with Gasteiger partial charge in [0, 0.05) is 63.3 Å². The summed E-state index contributed by atoms with van der Waals surface area (Å²) < 4.78 is 10.8. The second-order valence-electron chi connectivity index (χ2n) is 8.11. The third-order valence-electron chi connectivity index (χ3n) is 6.06. The molecule has 2 saturated heterocycles. The molecular weight excluding hydrogens is 529 g/mol. The van der Waals surface area contributed by atoms with Crippen molar-refractivity contribution in [1.29, 1.82) is 0 Å². The molecule has 0 amide bonds. The van der Waals surface area contributed by atoms with Crippen LogP contribution in [0.1, 0.15) is 12.5 Å². The maximum Gasteiger partial charge on any atom is 0.194 e. The van der Waals surface area contributed by atoms with Crippen molar-refractivity contribution in [3.05, 3.63) is 54.1 Å². The fourth-order valence-electron chi connectivity index (χ4n) is 4.21. The van der Waals surface area contributed by atoms with Gasteiger partial charge in [-0.25, -0.2) is 4.99 Å². The number of halogens is 1. The lowest BCUT2D eigenvalue weighted by atomic mass is 10.2. The summed E-state index contributed by atoms with van der Waals surface area (Å²) in [5.41, 5.74) is 3.71. The monoisotopic (exact) mass is 565 g/mol. The summed E-state index contributed by atoms with van der Waals surface area (Å²) in [5.74, 6) is 1.90. The number of rotatable bonds is 6. The number of ether oxygens (including phenoxy) is 2. The summed E-state index contributed by atoms with van der Waals surface area (Å²) in [6.45, 7) is 11.0. The highest BCUT2D eigenvalue weighted by atomic mass is 127. The summed E-state index contributed by atoms with van der Waals surface area (Å²) in [7, 11) is 1.71. The molecule has 0 bridgehead atoms. The molecule has 0 aromatic heterocycles. The van der Waals surface area contributed by atoms with Crippen LogP contribution in [0.3, 0.4) is 0 Å². The molecule has 0 saturated carbocycles. The lowest BCUT2D eigenvalue weighted by Crippen LogP contribution is -2.52. The Balaban J connectivity index is 0.00000306. The van der Waals surface area contributed by atoms with Gasteiger partial charge in [-0.3, -0.25) is 0 Å². The molecule has 2 aliphatic rings. The second kappa shape index (κ2) is 12.9. The minimum atomic E-state index is 0. The van der Waals surface area contributed by atoms with E-state index < -0.39 is 0 Å². The smallest absolute Gasteiger partial charge is 0.194 e. The highest BCUT2D eigenvalue weighted by Gasteiger charge is 2.20. The van der Waals surface area contributed by atoms with Gasteiger partial charge in [-0.05, 0) is 36.8 Å². The van der Waals surface area contributed by atoms with Crippen LogP contribution in [0.15, 0.2) is 53.5 Å². The highest BCUT2D eigenvalue weighted by molar-refractivity contribution is 14.0. The number of methoxy groups -OCH3 is 1. The largest absolute Gasteiger partial charge is 0.497 e. The van der Waals surface area contributed by atoms with E-state index in [9.17, 15) is 0 Å². The molecule has 1 N–H and O–H groups in total. The van der Waals surface area contributed by atoms with Crippen LogP contribution in [-0.2, 0) is 11.3 Å². The Bertz CT molecular complexity index is 879. The first-order valence-corrected chi connectivity index (χ1v) is 11.6. The SMILES string of the molecule is CCNC(=NCc1ccc(N2CCOCC2)cc1)N1CCN(c2cccc(OC)c2)CC1.I. The average Bonchev–Trinajstić information content (AvgIpc) is 2.87. The van der Waals surface area contributed by atoms with E-state index in [1.165, 1.54) is 16.9 Å². The number of nitrogens with one attached hydrogen (secondary N) is 1. The molecule has 0 aliphatic carbocycles. The van der Waals surface area contributed by atoms with Gasteiger partial charge in [-0.2, -0.15) is 0 Å². The van der Waals surface area contributed by atoms with Crippen molar-refractivity contribution in [2.24, 2.45) is 4.99 Å². The maximum atomic E-state index is 5.45. The van der Waals surface area contributed by atoms with Gasteiger partial charge in [0.15, 0.2) is 5.96 Å². The van der Waals surface area contributed by atoms with E-state index >= 15 is 0 Å². The van der Waals surface area contributed by atoms with E-state index in [1.54, 1.807) is 7.11 Å². The van der Waals surface area contributed by atoms with Crippen LogP contribution in [0.25, 0.3) is 0 Å². The number of guanidine groups is 1. The third kappa shape index (κ3) is 6.89. The summed E-state index contributed by atoms with van der Waals surface area (Å²) in [5, 5.41) is 3.47. The van der Waals surface area contributed by atoms with Crippen LogP contribution in [0.5, 0.6) is 5.75 Å². The van der Waals surface area contributed by atoms with Crippen LogP contribution in [-0.4, -0.2) is 77.0 Å². The number of aliphatic imine (C=N–C) groups is 1. The van der Waals surface area contributed by atoms with E-state index in [-0.39, 0.29) is 24.0 Å². The number of morpholine rings is 1. The van der Waals surface area contributed by atoms with Crippen molar-refractivity contribution in [3.8, 4) is 5.75 Å². The standard InChI is InChI=1S/C25H35N5O2.HI/c1-3-26-25(27-20-21-7-9-22(10-8-21)29-15-17-32-18-16-29)30-13-11-28(12-14-30)23-5-4-6-24(19-23)31-2;/h4-10,19H,3,11-18,20H2,1-2H3,(H,26,27);1H.